The van der Waals surface area contributed by atoms with Crippen molar-refractivity contribution < 1.29 is 0 Å². The molecule has 0 bridgehead atoms. The lowest BCUT2D eigenvalue weighted by Gasteiger charge is -2.28. The molecule has 0 N–H and O–H groups in total. The molecule has 0 amide bonds. The number of hydrogen-bond donors (Lipinski definition) is 0. The molecule has 12 rings (SSSR count). The number of para-hydroxylation sites is 2. The maximum Gasteiger partial charge on any atom is 0.0465 e. The van der Waals surface area contributed by atoms with Gasteiger partial charge in [0, 0.05) is 45.0 Å². The van der Waals surface area contributed by atoms with Crippen molar-refractivity contribution in [1.29, 1.82) is 0 Å². The van der Waals surface area contributed by atoms with Gasteiger partial charge in [0.15, 0.2) is 0 Å². The van der Waals surface area contributed by atoms with Crippen LogP contribution in [0.25, 0.3) is 55.6 Å². The Bertz CT molecular complexity index is 3220. The van der Waals surface area contributed by atoms with E-state index in [2.05, 4.69) is 280 Å². The maximum absolute atomic E-state index is 2.40. The van der Waals surface area contributed by atoms with Crippen molar-refractivity contribution in [3.05, 3.63) is 265 Å². The monoisotopic (exact) mass is 872 g/mol. The van der Waals surface area contributed by atoms with Crippen LogP contribution in [0.3, 0.4) is 0 Å². The van der Waals surface area contributed by atoms with Crippen LogP contribution in [0.5, 0.6) is 0 Å². The van der Waals surface area contributed by atoms with Gasteiger partial charge in [-0.2, -0.15) is 0 Å². The van der Waals surface area contributed by atoms with Gasteiger partial charge in [-0.25, -0.2) is 0 Å². The average molecular weight is 873 g/mol. The number of fused-ring (bicyclic) bond motifs is 6. The largest absolute Gasteiger partial charge is 0.310 e. The highest BCUT2D eigenvalue weighted by Crippen LogP contribution is 2.52. The van der Waals surface area contributed by atoms with Crippen molar-refractivity contribution in [3.8, 4) is 55.6 Å². The second kappa shape index (κ2) is 16.3. The highest BCUT2D eigenvalue weighted by atomic mass is 15.1. The van der Waals surface area contributed by atoms with Crippen molar-refractivity contribution in [1.82, 2.24) is 0 Å². The lowest BCUT2D eigenvalue weighted by Crippen LogP contribution is -2.16. The van der Waals surface area contributed by atoms with Crippen LogP contribution in [0, 0.1) is 0 Å². The van der Waals surface area contributed by atoms with E-state index in [0.717, 1.165) is 34.1 Å². The average Bonchev–Trinajstić information content (AvgIpc) is 3.76. The molecule has 0 saturated carbocycles. The summed E-state index contributed by atoms with van der Waals surface area (Å²) in [6.45, 7) is 9.38. The second-order valence-corrected chi connectivity index (χ2v) is 19.4. The third kappa shape index (κ3) is 6.95. The summed E-state index contributed by atoms with van der Waals surface area (Å²) in [6, 6.07) is 89.0. The van der Waals surface area contributed by atoms with Crippen LogP contribution in [0.15, 0.2) is 243 Å². The molecular formula is C66H52N2. The first-order valence-corrected chi connectivity index (χ1v) is 23.8. The molecule has 0 aliphatic heterocycles. The maximum atomic E-state index is 2.40. The summed E-state index contributed by atoms with van der Waals surface area (Å²) < 4.78 is 0. The van der Waals surface area contributed by atoms with Gasteiger partial charge in [0.25, 0.3) is 0 Å². The minimum Gasteiger partial charge on any atom is -0.310 e. The van der Waals surface area contributed by atoms with Crippen molar-refractivity contribution in [2.75, 3.05) is 9.80 Å². The molecule has 68 heavy (non-hydrogen) atoms. The van der Waals surface area contributed by atoms with Gasteiger partial charge < -0.3 is 9.80 Å². The Balaban J connectivity index is 0.775. The predicted molar refractivity (Wildman–Crippen MR) is 287 cm³/mol. The molecule has 0 aromatic heterocycles. The van der Waals surface area contributed by atoms with Crippen LogP contribution in [0.4, 0.5) is 34.1 Å². The van der Waals surface area contributed by atoms with Crippen LogP contribution in [-0.2, 0) is 10.8 Å². The molecule has 0 fully saturated rings. The Hall–Kier alpha value is -8.20. The van der Waals surface area contributed by atoms with Gasteiger partial charge in [0.1, 0.15) is 0 Å². The van der Waals surface area contributed by atoms with Crippen LogP contribution < -0.4 is 9.80 Å². The van der Waals surface area contributed by atoms with Crippen molar-refractivity contribution >= 4 is 34.1 Å². The second-order valence-electron chi connectivity index (χ2n) is 19.4. The van der Waals surface area contributed by atoms with Gasteiger partial charge >= 0.3 is 0 Å². The summed E-state index contributed by atoms with van der Waals surface area (Å²) in [5, 5.41) is 0. The van der Waals surface area contributed by atoms with E-state index in [1.165, 1.54) is 77.9 Å². The molecule has 2 aliphatic carbocycles. The standard InChI is InChI=1S/C66H52N2/c1-65(2)61-21-13-11-19-57(61)59-41-39-55(43-63(59)65)67(51-15-7-5-8-16-51)53-35-31-49(32-36-53)47-27-23-45(24-28-47)46-25-29-48(30-26-46)50-33-37-54(38-34-50)68(52-17-9-6-10-18-52)56-40-42-60-58-20-12-14-22-62(58)66(3,4)64(60)44-56/h5-44H,1-4H3. The lowest BCUT2D eigenvalue weighted by molar-refractivity contribution is 0.660. The van der Waals surface area contributed by atoms with E-state index in [-0.39, 0.29) is 10.8 Å². The van der Waals surface area contributed by atoms with Crippen molar-refractivity contribution in [2.24, 2.45) is 0 Å². The summed E-state index contributed by atoms with van der Waals surface area (Å²) >= 11 is 0. The third-order valence-corrected chi connectivity index (χ3v) is 14.7. The predicted octanol–water partition coefficient (Wildman–Crippen LogP) is 18.2. The molecule has 0 spiro atoms. The van der Waals surface area contributed by atoms with Crippen LogP contribution in [0.1, 0.15) is 49.9 Å². The fourth-order valence-corrected chi connectivity index (χ4v) is 11.0. The van der Waals surface area contributed by atoms with E-state index in [0.29, 0.717) is 0 Å². The quantitative estimate of drug-likeness (QED) is 0.143. The number of nitrogens with zero attached hydrogens (tertiary/aromatic N) is 2. The number of rotatable bonds is 9. The zero-order valence-corrected chi connectivity index (χ0v) is 39.0. The SMILES string of the molecule is CC1(C)c2ccccc2-c2ccc(N(c3ccccc3)c3ccc(-c4ccc(-c5ccc(-c6ccc(N(c7ccccc7)c7ccc8c(c7)C(C)(C)c7ccccc7-8)cc6)cc5)cc4)cc3)cc21. The van der Waals surface area contributed by atoms with Crippen LogP contribution in [0.2, 0.25) is 0 Å². The summed E-state index contributed by atoms with van der Waals surface area (Å²) in [5.74, 6) is 0. The topological polar surface area (TPSA) is 6.48 Å². The molecule has 0 atom stereocenters. The van der Waals surface area contributed by atoms with Crippen molar-refractivity contribution in [2.45, 2.75) is 38.5 Å². The highest BCUT2D eigenvalue weighted by Gasteiger charge is 2.37. The number of benzene rings is 10. The Morgan fingerprint density at radius 2 is 0.471 bits per heavy atom. The molecule has 10 aromatic carbocycles. The van der Waals surface area contributed by atoms with Gasteiger partial charge in [-0.1, -0.05) is 198 Å². The third-order valence-electron chi connectivity index (χ3n) is 14.7. The van der Waals surface area contributed by atoms with E-state index in [4.69, 9.17) is 0 Å². The Morgan fingerprint density at radius 3 is 0.809 bits per heavy atom. The minimum absolute atomic E-state index is 0.0718. The smallest absolute Gasteiger partial charge is 0.0465 e. The van der Waals surface area contributed by atoms with Gasteiger partial charge in [-0.05, 0) is 151 Å². The Morgan fingerprint density at radius 1 is 0.221 bits per heavy atom. The van der Waals surface area contributed by atoms with E-state index in [9.17, 15) is 0 Å². The summed E-state index contributed by atoms with van der Waals surface area (Å²) in [4.78, 5) is 4.75. The zero-order chi connectivity index (χ0) is 46.0. The first kappa shape index (κ1) is 41.2. The number of hydrogen-bond acceptors (Lipinski definition) is 2. The molecule has 10 aromatic rings. The molecule has 0 unspecified atom stereocenters. The number of anilines is 6. The van der Waals surface area contributed by atoms with Gasteiger partial charge in [-0.15, -0.1) is 0 Å². The first-order chi connectivity index (χ1) is 33.2. The van der Waals surface area contributed by atoms with E-state index < -0.39 is 0 Å². The van der Waals surface area contributed by atoms with E-state index >= 15 is 0 Å². The molecule has 2 aliphatic rings. The molecule has 0 radical (unpaired) electrons. The minimum atomic E-state index is -0.0718. The summed E-state index contributed by atoms with van der Waals surface area (Å²) in [7, 11) is 0. The van der Waals surface area contributed by atoms with Crippen LogP contribution in [-0.4, -0.2) is 0 Å². The molecule has 326 valence electrons. The molecule has 2 nitrogen and oxygen atoms in total. The molecule has 0 saturated heterocycles. The first-order valence-electron chi connectivity index (χ1n) is 23.8. The van der Waals surface area contributed by atoms with Crippen molar-refractivity contribution in [3.63, 3.8) is 0 Å². The zero-order valence-electron chi connectivity index (χ0n) is 39.0. The van der Waals surface area contributed by atoms with Gasteiger partial charge in [0.2, 0.25) is 0 Å². The van der Waals surface area contributed by atoms with Gasteiger partial charge in [-0.3, -0.25) is 0 Å². The normalized spacial score (nSPS) is 13.5. The Labute approximate surface area is 401 Å². The summed E-state index contributed by atoms with van der Waals surface area (Å²) in [6.07, 6.45) is 0. The highest BCUT2D eigenvalue weighted by molar-refractivity contribution is 5.88. The fourth-order valence-electron chi connectivity index (χ4n) is 11.0. The Kier molecular flexibility index (Phi) is 9.88. The van der Waals surface area contributed by atoms with Gasteiger partial charge in [0.05, 0.1) is 0 Å². The summed E-state index contributed by atoms with van der Waals surface area (Å²) in [5.41, 5.74) is 24.7. The van der Waals surface area contributed by atoms with E-state index in [1.54, 1.807) is 0 Å². The van der Waals surface area contributed by atoms with Crippen LogP contribution >= 0.6 is 0 Å². The molecule has 0 heterocycles. The van der Waals surface area contributed by atoms with E-state index in [1.807, 2.05) is 0 Å². The molecule has 2 heteroatoms. The fraction of sp³-hybridized carbons (Fsp3) is 0.0909. The molecular weight excluding hydrogens is 821 g/mol. The lowest BCUT2D eigenvalue weighted by atomic mass is 9.82.